The van der Waals surface area contributed by atoms with Gasteiger partial charge in [-0.25, -0.2) is 9.37 Å². The van der Waals surface area contributed by atoms with Gasteiger partial charge in [-0.05, 0) is 111 Å². The number of benzene rings is 3. The summed E-state index contributed by atoms with van der Waals surface area (Å²) in [5, 5.41) is 12.1. The van der Waals surface area contributed by atoms with Gasteiger partial charge in [0.15, 0.2) is 0 Å². The summed E-state index contributed by atoms with van der Waals surface area (Å²) in [6.07, 6.45) is 5.27. The maximum absolute atomic E-state index is 13.3. The number of pyridine rings is 2. The lowest BCUT2D eigenvalue weighted by Gasteiger charge is -2.39. The maximum Gasteiger partial charge on any atom is 0.273 e. The van der Waals surface area contributed by atoms with Gasteiger partial charge in [-0.1, -0.05) is 6.07 Å². The van der Waals surface area contributed by atoms with Crippen molar-refractivity contribution >= 4 is 63.3 Å². The average molecular weight is 939 g/mol. The van der Waals surface area contributed by atoms with Crippen LogP contribution >= 0.6 is 0 Å². The Bertz CT molecular complexity index is 2770. The number of imide groups is 1. The molecule has 5 aliphatic rings. The second-order valence-electron chi connectivity index (χ2n) is 18.6. The van der Waals surface area contributed by atoms with Crippen molar-refractivity contribution in [2.24, 2.45) is 11.3 Å². The van der Waals surface area contributed by atoms with Crippen LogP contribution in [0.25, 0.3) is 10.9 Å². The smallest absolute Gasteiger partial charge is 0.273 e. The molecule has 0 bridgehead atoms. The van der Waals surface area contributed by atoms with E-state index in [-0.39, 0.29) is 18.2 Å². The van der Waals surface area contributed by atoms with Crippen molar-refractivity contribution in [3.8, 4) is 17.2 Å². The highest BCUT2D eigenvalue weighted by Crippen LogP contribution is 2.48. The van der Waals surface area contributed by atoms with Gasteiger partial charge in [0.2, 0.25) is 23.6 Å². The lowest BCUT2D eigenvalue weighted by Crippen LogP contribution is -2.52. The number of fused-ring (bicyclic) bond motifs is 2. The molecule has 358 valence electrons. The number of carbonyl (C=O) groups is 5. The third-order valence-electron chi connectivity index (χ3n) is 14.1. The number of piperidine rings is 2. The van der Waals surface area contributed by atoms with Crippen molar-refractivity contribution in [2.45, 2.75) is 51.1 Å². The minimum atomic E-state index is -1.17. The van der Waals surface area contributed by atoms with E-state index in [2.05, 4.69) is 47.0 Å². The number of rotatable bonds is 15. The fourth-order valence-corrected chi connectivity index (χ4v) is 9.87. The number of nitrogens with one attached hydrogen (secondary N) is 4. The molecular formula is C51H55FN10O7. The van der Waals surface area contributed by atoms with Gasteiger partial charge in [-0.15, -0.1) is 0 Å². The van der Waals surface area contributed by atoms with Crippen LogP contribution in [0.15, 0.2) is 85.1 Å². The van der Waals surface area contributed by atoms with E-state index in [4.69, 9.17) is 14.5 Å². The molecule has 17 nitrogen and oxygen atoms in total. The van der Waals surface area contributed by atoms with Gasteiger partial charge in [0.25, 0.3) is 5.91 Å². The monoisotopic (exact) mass is 938 g/mol. The van der Waals surface area contributed by atoms with E-state index in [1.54, 1.807) is 37.6 Å². The van der Waals surface area contributed by atoms with Crippen molar-refractivity contribution in [3.63, 3.8) is 0 Å². The van der Waals surface area contributed by atoms with E-state index < -0.39 is 35.0 Å². The number of halogens is 1. The van der Waals surface area contributed by atoms with E-state index in [9.17, 15) is 28.4 Å². The van der Waals surface area contributed by atoms with Gasteiger partial charge < -0.3 is 40.1 Å². The number of ether oxygens (including phenoxy) is 2. The molecule has 10 rings (SSSR count). The summed E-state index contributed by atoms with van der Waals surface area (Å²) in [7, 11) is 1.68. The summed E-state index contributed by atoms with van der Waals surface area (Å²) in [5.74, 6) is 0.936. The standard InChI is InChI=1S/C51H55FN10O7/c1-68-43-28-38-39(53-19-14-42(38)69-37-9-7-36(8-10-37)56-50(67)51(17-18-51)49(66)55-35-5-3-34(52)4-6-35)29-41(43)61-21-15-32(16-22-61)30-60-26-24-59(25-27-60)23-20-54-44-12-2-33-31-62(48(65)46(33)57-44)40-11-13-45(63)58-47(40)64/h2-10,12,14,19,28-29,32,40H,11,13,15-18,20-27,30-31H2,1H3,(H,54,57)(H,55,66)(H,56,67)(H,58,63,64). The van der Waals surface area contributed by atoms with Gasteiger partial charge in [0.1, 0.15) is 46.0 Å². The Hall–Kier alpha value is -7.18. The van der Waals surface area contributed by atoms with Crippen LogP contribution in [0.3, 0.4) is 0 Å². The number of carbonyl (C=O) groups excluding carboxylic acids is 5. The summed E-state index contributed by atoms with van der Waals surface area (Å²) in [5.41, 5.74) is 2.74. The van der Waals surface area contributed by atoms with Crippen molar-refractivity contribution < 1.29 is 37.8 Å². The van der Waals surface area contributed by atoms with Crippen LogP contribution < -0.4 is 35.6 Å². The highest BCUT2D eigenvalue weighted by Gasteiger charge is 2.56. The lowest BCUT2D eigenvalue weighted by atomic mass is 9.95. The third-order valence-corrected chi connectivity index (χ3v) is 14.1. The van der Waals surface area contributed by atoms with Crippen LogP contribution in [0, 0.1) is 17.2 Å². The predicted octanol–water partition coefficient (Wildman–Crippen LogP) is 5.63. The number of hydrogen-bond donors (Lipinski definition) is 4. The zero-order valence-corrected chi connectivity index (χ0v) is 38.5. The Morgan fingerprint density at radius 2 is 1.52 bits per heavy atom. The minimum absolute atomic E-state index is 0.219. The highest BCUT2D eigenvalue weighted by atomic mass is 19.1. The Morgan fingerprint density at radius 1 is 0.826 bits per heavy atom. The largest absolute Gasteiger partial charge is 0.495 e. The minimum Gasteiger partial charge on any atom is -0.495 e. The first-order valence-corrected chi connectivity index (χ1v) is 23.7. The molecule has 6 heterocycles. The van der Waals surface area contributed by atoms with Gasteiger partial charge in [-0.2, -0.15) is 0 Å². The molecule has 2 aromatic heterocycles. The van der Waals surface area contributed by atoms with Crippen molar-refractivity contribution in [1.82, 2.24) is 30.0 Å². The van der Waals surface area contributed by atoms with Gasteiger partial charge in [0.05, 0.1) is 18.3 Å². The fourth-order valence-electron chi connectivity index (χ4n) is 9.87. The lowest BCUT2D eigenvalue weighted by molar-refractivity contribution is -0.137. The normalized spacial score (nSPS) is 19.5. The van der Waals surface area contributed by atoms with Crippen molar-refractivity contribution in [1.29, 1.82) is 0 Å². The number of hydrogen-bond acceptors (Lipinski definition) is 13. The molecule has 1 atom stereocenters. The number of anilines is 4. The van der Waals surface area contributed by atoms with E-state index >= 15 is 0 Å². The molecule has 5 amide bonds. The molecule has 1 unspecified atom stereocenters. The molecule has 3 aromatic carbocycles. The van der Waals surface area contributed by atoms with Crippen LogP contribution in [-0.2, 0) is 25.7 Å². The molecule has 0 radical (unpaired) electrons. The van der Waals surface area contributed by atoms with Gasteiger partial charge >= 0.3 is 0 Å². The predicted molar refractivity (Wildman–Crippen MR) is 257 cm³/mol. The quantitative estimate of drug-likeness (QED) is 0.0747. The average Bonchev–Trinajstić information content (AvgIpc) is 4.12. The summed E-state index contributed by atoms with van der Waals surface area (Å²) in [4.78, 5) is 81.7. The van der Waals surface area contributed by atoms with Gasteiger partial charge in [-0.3, -0.25) is 39.2 Å². The van der Waals surface area contributed by atoms with E-state index in [1.807, 2.05) is 24.3 Å². The zero-order chi connectivity index (χ0) is 47.6. The molecular weight excluding hydrogens is 884 g/mol. The SMILES string of the molecule is COc1cc2c(Oc3ccc(NC(=O)C4(C(=O)Nc5ccc(F)cc5)CC4)cc3)ccnc2cc1N1CCC(CN2CCN(CCNc3ccc4c(n3)C(=O)N(C3CCC(=O)NC3=O)C4)CC2)CC1. The summed E-state index contributed by atoms with van der Waals surface area (Å²) >= 11 is 0. The molecule has 4 fully saturated rings. The van der Waals surface area contributed by atoms with Crippen molar-refractivity contribution in [2.75, 3.05) is 86.9 Å². The number of piperazine rings is 1. The first-order valence-electron chi connectivity index (χ1n) is 23.7. The molecule has 69 heavy (non-hydrogen) atoms. The maximum atomic E-state index is 13.3. The third kappa shape index (κ3) is 9.90. The second kappa shape index (κ2) is 19.4. The molecule has 1 saturated carbocycles. The number of amides is 5. The summed E-state index contributed by atoms with van der Waals surface area (Å²) in [6.45, 7) is 8.76. The van der Waals surface area contributed by atoms with Crippen LogP contribution in [0.5, 0.6) is 17.2 Å². The molecule has 4 aliphatic heterocycles. The zero-order valence-electron chi connectivity index (χ0n) is 38.5. The first kappa shape index (κ1) is 45.6. The van der Waals surface area contributed by atoms with Gasteiger partial charge in [0, 0.05) is 100 Å². The van der Waals surface area contributed by atoms with E-state index in [0.29, 0.717) is 72.7 Å². The Kier molecular flexibility index (Phi) is 12.8. The highest BCUT2D eigenvalue weighted by molar-refractivity contribution is 6.17. The van der Waals surface area contributed by atoms with Crippen LogP contribution in [0.4, 0.5) is 27.3 Å². The number of nitrogens with zero attached hydrogens (tertiary/aromatic N) is 6. The molecule has 1 aliphatic carbocycles. The molecule has 0 spiro atoms. The van der Waals surface area contributed by atoms with Crippen LogP contribution in [0.1, 0.15) is 54.6 Å². The van der Waals surface area contributed by atoms with Crippen LogP contribution in [0.2, 0.25) is 0 Å². The van der Waals surface area contributed by atoms with Crippen LogP contribution in [-0.4, -0.2) is 126 Å². The van der Waals surface area contributed by atoms with E-state index in [1.165, 1.54) is 29.2 Å². The van der Waals surface area contributed by atoms with Crippen molar-refractivity contribution in [3.05, 3.63) is 102 Å². The molecule has 18 heteroatoms. The number of aromatic nitrogens is 2. The second-order valence-corrected chi connectivity index (χ2v) is 18.6. The topological polar surface area (TPSA) is 191 Å². The molecule has 3 saturated heterocycles. The first-order chi connectivity index (χ1) is 33.5. The Balaban J connectivity index is 0.669. The fraction of sp³-hybridized carbons (Fsp3) is 0.392. The summed E-state index contributed by atoms with van der Waals surface area (Å²) < 4.78 is 25.6. The molecule has 4 N–H and O–H groups in total. The Morgan fingerprint density at radius 3 is 2.20 bits per heavy atom. The van der Waals surface area contributed by atoms with E-state index in [0.717, 1.165) is 93.1 Å². The number of methoxy groups -OCH3 is 1. The summed E-state index contributed by atoms with van der Waals surface area (Å²) in [6, 6.07) is 21.4. The Labute approximate surface area is 398 Å². The molecule has 5 aromatic rings.